The van der Waals surface area contributed by atoms with E-state index in [0.717, 1.165) is 23.7 Å². The minimum atomic E-state index is 0.776. The Kier molecular flexibility index (Phi) is 3.48. The van der Waals surface area contributed by atoms with Gasteiger partial charge in [0.2, 0.25) is 0 Å². The van der Waals surface area contributed by atoms with Gasteiger partial charge in [-0.3, -0.25) is 0 Å². The summed E-state index contributed by atoms with van der Waals surface area (Å²) >= 11 is 4.24. The fourth-order valence-corrected chi connectivity index (χ4v) is 1.15. The Labute approximate surface area is 79.2 Å². The lowest BCUT2D eigenvalue weighted by Gasteiger charge is -2.07. The summed E-state index contributed by atoms with van der Waals surface area (Å²) in [6.07, 6.45) is 1.04. The molecule has 1 aromatic carbocycles. The number of ether oxygens (including phenoxy) is 1. The molecule has 1 aromatic rings. The largest absolute Gasteiger partial charge is 0.493 e. The van der Waals surface area contributed by atoms with E-state index in [9.17, 15) is 0 Å². The Morgan fingerprint density at radius 3 is 2.83 bits per heavy atom. The number of hydrogen-bond donors (Lipinski definition) is 1. The topological polar surface area (TPSA) is 9.23 Å². The van der Waals surface area contributed by atoms with Gasteiger partial charge in [-0.1, -0.05) is 13.0 Å². The molecule has 0 spiro atoms. The van der Waals surface area contributed by atoms with E-state index in [1.54, 1.807) is 0 Å². The summed E-state index contributed by atoms with van der Waals surface area (Å²) < 4.78 is 5.52. The van der Waals surface area contributed by atoms with Crippen LogP contribution in [0.3, 0.4) is 0 Å². The Bertz CT molecular complexity index is 258. The van der Waals surface area contributed by atoms with Crippen molar-refractivity contribution in [1.82, 2.24) is 0 Å². The highest BCUT2D eigenvalue weighted by atomic mass is 32.1. The number of thiol groups is 1. The highest BCUT2D eigenvalue weighted by Gasteiger charge is 1.98. The maximum absolute atomic E-state index is 5.52. The van der Waals surface area contributed by atoms with Crippen molar-refractivity contribution in [3.05, 3.63) is 23.8 Å². The van der Waals surface area contributed by atoms with Gasteiger partial charge in [0.05, 0.1) is 6.61 Å². The Hall–Kier alpha value is -0.630. The molecule has 0 amide bonds. The standard InChI is InChI=1S/C10H14OS/c1-3-6-11-10-7-9(12)5-4-8(10)2/h4-5,7,12H,3,6H2,1-2H3. The molecule has 0 aliphatic heterocycles. The van der Waals surface area contributed by atoms with Crippen LogP contribution in [0, 0.1) is 6.92 Å². The molecule has 0 bridgehead atoms. The summed E-state index contributed by atoms with van der Waals surface area (Å²) in [6.45, 7) is 4.91. The molecule has 1 nitrogen and oxygen atoms in total. The molecule has 0 heterocycles. The van der Waals surface area contributed by atoms with E-state index in [1.807, 2.05) is 25.1 Å². The van der Waals surface area contributed by atoms with E-state index in [2.05, 4.69) is 19.6 Å². The summed E-state index contributed by atoms with van der Waals surface area (Å²) in [6, 6.07) is 5.94. The molecule has 0 unspecified atom stereocenters. The van der Waals surface area contributed by atoms with Gasteiger partial charge in [0.25, 0.3) is 0 Å². The molecule has 0 fully saturated rings. The summed E-state index contributed by atoms with van der Waals surface area (Å²) in [5.41, 5.74) is 1.17. The van der Waals surface area contributed by atoms with Crippen molar-refractivity contribution < 1.29 is 4.74 Å². The van der Waals surface area contributed by atoms with Crippen LogP contribution in [0.1, 0.15) is 18.9 Å². The lowest BCUT2D eigenvalue weighted by molar-refractivity contribution is 0.314. The SMILES string of the molecule is CCCOc1cc(S)ccc1C. The second-order valence-electron chi connectivity index (χ2n) is 2.80. The number of aryl methyl sites for hydroxylation is 1. The number of rotatable bonds is 3. The van der Waals surface area contributed by atoms with E-state index in [1.165, 1.54) is 5.56 Å². The first kappa shape index (κ1) is 9.46. The molecule has 1 rings (SSSR count). The van der Waals surface area contributed by atoms with Crippen LogP contribution in [0.25, 0.3) is 0 Å². The fourth-order valence-electron chi connectivity index (χ4n) is 0.956. The monoisotopic (exact) mass is 182 g/mol. The van der Waals surface area contributed by atoms with Crippen molar-refractivity contribution in [2.45, 2.75) is 25.2 Å². The summed E-state index contributed by atoms with van der Waals surface area (Å²) in [4.78, 5) is 0.951. The molecule has 2 heteroatoms. The minimum Gasteiger partial charge on any atom is -0.493 e. The average molecular weight is 182 g/mol. The zero-order valence-corrected chi connectivity index (χ0v) is 8.40. The summed E-state index contributed by atoms with van der Waals surface area (Å²) in [5.74, 6) is 0.948. The van der Waals surface area contributed by atoms with Gasteiger partial charge in [-0.25, -0.2) is 0 Å². The van der Waals surface area contributed by atoms with Crippen LogP contribution in [-0.2, 0) is 0 Å². The first-order valence-corrected chi connectivity index (χ1v) is 4.61. The summed E-state index contributed by atoms with van der Waals surface area (Å²) in [7, 11) is 0. The Morgan fingerprint density at radius 2 is 2.17 bits per heavy atom. The highest BCUT2D eigenvalue weighted by Crippen LogP contribution is 2.21. The lowest BCUT2D eigenvalue weighted by atomic mass is 10.2. The molecule has 0 aliphatic carbocycles. The van der Waals surface area contributed by atoms with Crippen LogP contribution in [0.2, 0.25) is 0 Å². The molecule has 0 atom stereocenters. The maximum atomic E-state index is 5.52. The second kappa shape index (κ2) is 4.41. The molecule has 0 N–H and O–H groups in total. The molecule has 0 saturated carbocycles. The van der Waals surface area contributed by atoms with Crippen LogP contribution in [-0.4, -0.2) is 6.61 Å². The first-order chi connectivity index (χ1) is 5.74. The van der Waals surface area contributed by atoms with Crippen molar-refractivity contribution in [3.8, 4) is 5.75 Å². The highest BCUT2D eigenvalue weighted by molar-refractivity contribution is 7.80. The van der Waals surface area contributed by atoms with Gasteiger partial charge >= 0.3 is 0 Å². The fraction of sp³-hybridized carbons (Fsp3) is 0.400. The van der Waals surface area contributed by atoms with Crippen LogP contribution in [0.15, 0.2) is 23.1 Å². The van der Waals surface area contributed by atoms with Gasteiger partial charge in [-0.05, 0) is 31.0 Å². The normalized spacial score (nSPS) is 9.92. The quantitative estimate of drug-likeness (QED) is 0.707. The van der Waals surface area contributed by atoms with Gasteiger partial charge in [0, 0.05) is 4.90 Å². The third kappa shape index (κ3) is 2.45. The zero-order chi connectivity index (χ0) is 8.97. The maximum Gasteiger partial charge on any atom is 0.123 e. The second-order valence-corrected chi connectivity index (χ2v) is 3.31. The van der Waals surface area contributed by atoms with Gasteiger partial charge in [-0.15, -0.1) is 12.6 Å². The molecular formula is C10H14OS. The number of benzene rings is 1. The lowest BCUT2D eigenvalue weighted by Crippen LogP contribution is -1.96. The predicted octanol–water partition coefficient (Wildman–Crippen LogP) is 3.07. The van der Waals surface area contributed by atoms with E-state index >= 15 is 0 Å². The molecular weight excluding hydrogens is 168 g/mol. The van der Waals surface area contributed by atoms with E-state index in [0.29, 0.717) is 0 Å². The zero-order valence-electron chi connectivity index (χ0n) is 7.50. The minimum absolute atomic E-state index is 0.776. The third-order valence-corrected chi connectivity index (χ3v) is 1.91. The summed E-state index contributed by atoms with van der Waals surface area (Å²) in [5, 5.41) is 0. The van der Waals surface area contributed by atoms with Gasteiger partial charge in [-0.2, -0.15) is 0 Å². The molecule has 0 aliphatic rings. The smallest absolute Gasteiger partial charge is 0.123 e. The molecule has 0 radical (unpaired) electrons. The Balaban J connectivity index is 2.75. The van der Waals surface area contributed by atoms with Crippen LogP contribution in [0.4, 0.5) is 0 Å². The Morgan fingerprint density at radius 1 is 1.42 bits per heavy atom. The third-order valence-electron chi connectivity index (χ3n) is 1.63. The number of hydrogen-bond acceptors (Lipinski definition) is 2. The van der Waals surface area contributed by atoms with Crippen molar-refractivity contribution in [2.75, 3.05) is 6.61 Å². The van der Waals surface area contributed by atoms with Crippen LogP contribution in [0.5, 0.6) is 5.75 Å². The predicted molar refractivity (Wildman–Crippen MR) is 54.2 cm³/mol. The van der Waals surface area contributed by atoms with E-state index in [-0.39, 0.29) is 0 Å². The van der Waals surface area contributed by atoms with Crippen molar-refractivity contribution in [2.24, 2.45) is 0 Å². The van der Waals surface area contributed by atoms with Gasteiger partial charge in [0.15, 0.2) is 0 Å². The van der Waals surface area contributed by atoms with Crippen molar-refractivity contribution in [1.29, 1.82) is 0 Å². The van der Waals surface area contributed by atoms with Crippen LogP contribution >= 0.6 is 12.6 Å². The van der Waals surface area contributed by atoms with Crippen LogP contribution < -0.4 is 4.74 Å². The van der Waals surface area contributed by atoms with E-state index in [4.69, 9.17) is 4.74 Å². The van der Waals surface area contributed by atoms with E-state index < -0.39 is 0 Å². The van der Waals surface area contributed by atoms with Gasteiger partial charge < -0.3 is 4.74 Å². The van der Waals surface area contributed by atoms with Crippen molar-refractivity contribution >= 4 is 12.6 Å². The molecule has 12 heavy (non-hydrogen) atoms. The average Bonchev–Trinajstić information content (AvgIpc) is 2.07. The molecule has 0 saturated heterocycles. The van der Waals surface area contributed by atoms with Crippen molar-refractivity contribution in [3.63, 3.8) is 0 Å². The van der Waals surface area contributed by atoms with Gasteiger partial charge in [0.1, 0.15) is 5.75 Å². The molecule has 66 valence electrons. The molecule has 0 aromatic heterocycles. The first-order valence-electron chi connectivity index (χ1n) is 4.16.